The first-order valence-corrected chi connectivity index (χ1v) is 6.75. The third-order valence-electron chi connectivity index (χ3n) is 2.82. The summed E-state index contributed by atoms with van der Waals surface area (Å²) >= 11 is 0. The van der Waals surface area contributed by atoms with Gasteiger partial charge in [0.15, 0.2) is 11.6 Å². The fourth-order valence-electron chi connectivity index (χ4n) is 1.79. The largest absolute Gasteiger partial charge is 0.489 e. The van der Waals surface area contributed by atoms with Gasteiger partial charge in [0.2, 0.25) is 0 Å². The molecule has 0 fully saturated rings. The molecule has 6 heteroatoms. The van der Waals surface area contributed by atoms with Crippen LogP contribution in [0.5, 0.6) is 5.75 Å². The smallest absolute Gasteiger partial charge is 0.411 e. The lowest BCUT2D eigenvalue weighted by Crippen LogP contribution is -2.13. The van der Waals surface area contributed by atoms with Crippen molar-refractivity contribution in [3.8, 4) is 5.75 Å². The van der Waals surface area contributed by atoms with E-state index in [0.29, 0.717) is 18.8 Å². The van der Waals surface area contributed by atoms with Crippen molar-refractivity contribution >= 4 is 17.5 Å². The predicted octanol–water partition coefficient (Wildman–Crippen LogP) is 3.49. The molecule has 0 unspecified atom stereocenters. The fourth-order valence-corrected chi connectivity index (χ4v) is 1.79. The lowest BCUT2D eigenvalue weighted by atomic mass is 10.3. The van der Waals surface area contributed by atoms with E-state index in [9.17, 15) is 9.18 Å². The van der Waals surface area contributed by atoms with Gasteiger partial charge in [0, 0.05) is 17.9 Å². The van der Waals surface area contributed by atoms with E-state index < -0.39 is 6.09 Å². The number of anilines is 2. The van der Waals surface area contributed by atoms with Gasteiger partial charge >= 0.3 is 6.09 Å². The van der Waals surface area contributed by atoms with Gasteiger partial charge in [-0.25, -0.2) is 9.18 Å². The quantitative estimate of drug-likeness (QED) is 0.802. The highest BCUT2D eigenvalue weighted by molar-refractivity contribution is 5.85. The molecule has 116 valence electrons. The summed E-state index contributed by atoms with van der Waals surface area (Å²) in [5.74, 6) is -0.155. The van der Waals surface area contributed by atoms with Crippen LogP contribution in [0.3, 0.4) is 0 Å². The molecule has 0 atom stereocenters. The maximum absolute atomic E-state index is 13.4. The Morgan fingerprint density at radius 3 is 2.68 bits per heavy atom. The Hall–Kier alpha value is -2.76. The minimum atomic E-state index is -0.528. The van der Waals surface area contributed by atoms with Crippen LogP contribution in [-0.4, -0.2) is 26.4 Å². The summed E-state index contributed by atoms with van der Waals surface area (Å²) in [5, 5.41) is 5.70. The molecule has 1 amide bonds. The van der Waals surface area contributed by atoms with Gasteiger partial charge in [-0.05, 0) is 30.3 Å². The molecule has 2 N–H and O–H groups in total. The van der Waals surface area contributed by atoms with Gasteiger partial charge in [-0.3, -0.25) is 5.32 Å². The molecule has 0 bridgehead atoms. The van der Waals surface area contributed by atoms with Crippen molar-refractivity contribution in [2.24, 2.45) is 0 Å². The van der Waals surface area contributed by atoms with Gasteiger partial charge in [-0.15, -0.1) is 0 Å². The number of carbonyl (C=O) groups is 1. The highest BCUT2D eigenvalue weighted by Gasteiger charge is 2.02. The van der Waals surface area contributed by atoms with Gasteiger partial charge in [0.25, 0.3) is 0 Å². The monoisotopic (exact) mass is 304 g/mol. The third-order valence-corrected chi connectivity index (χ3v) is 2.82. The van der Waals surface area contributed by atoms with Gasteiger partial charge in [-0.1, -0.05) is 18.2 Å². The summed E-state index contributed by atoms with van der Waals surface area (Å²) in [6.07, 6.45) is -0.528. The Kier molecular flexibility index (Phi) is 5.59. The molecular weight excluding hydrogens is 287 g/mol. The van der Waals surface area contributed by atoms with Crippen molar-refractivity contribution in [2.75, 3.05) is 30.9 Å². The van der Waals surface area contributed by atoms with Crippen LogP contribution >= 0.6 is 0 Å². The van der Waals surface area contributed by atoms with E-state index in [2.05, 4.69) is 15.4 Å². The van der Waals surface area contributed by atoms with Crippen molar-refractivity contribution in [1.82, 2.24) is 0 Å². The lowest BCUT2D eigenvalue weighted by Gasteiger charge is -2.10. The first kappa shape index (κ1) is 15.6. The van der Waals surface area contributed by atoms with Crippen molar-refractivity contribution in [1.29, 1.82) is 0 Å². The SMILES string of the molecule is COC(=O)Nc1cccc(NCCOc2ccccc2F)c1. The van der Waals surface area contributed by atoms with Crippen molar-refractivity contribution in [2.45, 2.75) is 0 Å². The van der Waals surface area contributed by atoms with Crippen molar-refractivity contribution < 1.29 is 18.7 Å². The number of amides is 1. The van der Waals surface area contributed by atoms with E-state index in [-0.39, 0.29) is 11.6 Å². The highest BCUT2D eigenvalue weighted by Crippen LogP contribution is 2.16. The molecule has 0 aliphatic carbocycles. The minimum Gasteiger partial charge on any atom is -0.489 e. The number of rotatable bonds is 6. The van der Waals surface area contributed by atoms with E-state index in [0.717, 1.165) is 5.69 Å². The third kappa shape index (κ3) is 4.66. The normalized spacial score (nSPS) is 9.91. The van der Waals surface area contributed by atoms with Gasteiger partial charge in [-0.2, -0.15) is 0 Å². The second-order valence-corrected chi connectivity index (χ2v) is 4.40. The number of methoxy groups -OCH3 is 1. The molecule has 5 nitrogen and oxygen atoms in total. The molecule has 0 aliphatic rings. The number of nitrogens with one attached hydrogen (secondary N) is 2. The zero-order valence-electron chi connectivity index (χ0n) is 12.1. The van der Waals surface area contributed by atoms with Crippen LogP contribution in [0.4, 0.5) is 20.6 Å². The van der Waals surface area contributed by atoms with Crippen LogP contribution in [0.15, 0.2) is 48.5 Å². The van der Waals surface area contributed by atoms with E-state index >= 15 is 0 Å². The van der Waals surface area contributed by atoms with Crippen LogP contribution in [0.25, 0.3) is 0 Å². The zero-order chi connectivity index (χ0) is 15.8. The van der Waals surface area contributed by atoms with Crippen LogP contribution in [0.1, 0.15) is 0 Å². The number of hydrogen-bond donors (Lipinski definition) is 2. The first-order chi connectivity index (χ1) is 10.7. The molecule has 0 radical (unpaired) electrons. The molecular formula is C16H17FN2O3. The molecule has 22 heavy (non-hydrogen) atoms. The Balaban J connectivity index is 1.81. The lowest BCUT2D eigenvalue weighted by molar-refractivity contribution is 0.187. The summed E-state index contributed by atoms with van der Waals surface area (Å²) in [6.45, 7) is 0.811. The van der Waals surface area contributed by atoms with Gasteiger partial charge in [0.1, 0.15) is 6.61 Å². The number of halogens is 1. The molecule has 0 saturated heterocycles. The second-order valence-electron chi connectivity index (χ2n) is 4.40. The first-order valence-electron chi connectivity index (χ1n) is 6.75. The molecule has 2 aromatic carbocycles. The van der Waals surface area contributed by atoms with Gasteiger partial charge in [0.05, 0.1) is 7.11 Å². The Bertz CT molecular complexity index is 634. The fraction of sp³-hybridized carbons (Fsp3) is 0.188. The summed E-state index contributed by atoms with van der Waals surface area (Å²) in [6, 6.07) is 13.4. The molecule has 0 saturated carbocycles. The maximum atomic E-state index is 13.4. The number of benzene rings is 2. The summed E-state index contributed by atoms with van der Waals surface area (Å²) in [7, 11) is 1.30. The van der Waals surface area contributed by atoms with Crippen LogP contribution < -0.4 is 15.4 Å². The Morgan fingerprint density at radius 2 is 1.91 bits per heavy atom. The number of hydrogen-bond acceptors (Lipinski definition) is 4. The summed E-state index contributed by atoms with van der Waals surface area (Å²) in [4.78, 5) is 11.1. The second kappa shape index (κ2) is 7.87. The van der Waals surface area contributed by atoms with Crippen LogP contribution in [0, 0.1) is 5.82 Å². The average Bonchev–Trinajstić information content (AvgIpc) is 2.53. The van der Waals surface area contributed by atoms with Crippen molar-refractivity contribution in [3.05, 3.63) is 54.3 Å². The zero-order valence-corrected chi connectivity index (χ0v) is 12.1. The van der Waals surface area contributed by atoms with Crippen molar-refractivity contribution in [3.63, 3.8) is 0 Å². The van der Waals surface area contributed by atoms with E-state index in [1.54, 1.807) is 36.4 Å². The summed E-state index contributed by atoms with van der Waals surface area (Å²) in [5.41, 5.74) is 1.43. The van der Waals surface area contributed by atoms with E-state index in [1.165, 1.54) is 13.2 Å². The number of ether oxygens (including phenoxy) is 2. The van der Waals surface area contributed by atoms with E-state index in [1.807, 2.05) is 6.07 Å². The molecule has 0 heterocycles. The highest BCUT2D eigenvalue weighted by atomic mass is 19.1. The molecule has 2 rings (SSSR count). The Labute approximate surface area is 128 Å². The Morgan fingerprint density at radius 1 is 1.14 bits per heavy atom. The van der Waals surface area contributed by atoms with E-state index in [4.69, 9.17) is 4.74 Å². The molecule has 0 aliphatic heterocycles. The van der Waals surface area contributed by atoms with Crippen LogP contribution in [-0.2, 0) is 4.74 Å². The van der Waals surface area contributed by atoms with Crippen LogP contribution in [0.2, 0.25) is 0 Å². The predicted molar refractivity (Wildman–Crippen MR) is 82.9 cm³/mol. The summed E-state index contributed by atoms with van der Waals surface area (Å²) < 4.78 is 23.2. The average molecular weight is 304 g/mol. The molecule has 0 aromatic heterocycles. The topological polar surface area (TPSA) is 59.6 Å². The standard InChI is InChI=1S/C16H17FN2O3/c1-21-16(20)19-13-6-4-5-12(11-13)18-9-10-22-15-8-3-2-7-14(15)17/h2-8,11,18H,9-10H2,1H3,(H,19,20). The minimum absolute atomic E-state index is 0.227. The number of para-hydroxylation sites is 1. The van der Waals surface area contributed by atoms with Gasteiger partial charge < -0.3 is 14.8 Å². The maximum Gasteiger partial charge on any atom is 0.411 e. The molecule has 0 spiro atoms. The number of carbonyl (C=O) groups excluding carboxylic acids is 1. The molecule has 2 aromatic rings.